The number of fused-ring (bicyclic) bond motifs is 1. The molecule has 2 aromatic rings. The van der Waals surface area contributed by atoms with Crippen molar-refractivity contribution in [3.05, 3.63) is 69.2 Å². The molecule has 0 amide bonds. The first-order chi connectivity index (χ1) is 10.2. The molecule has 3 nitrogen and oxygen atoms in total. The fraction of sp³-hybridized carbons (Fsp3) is 0.294. The standard InChI is InChI=1S/C17H18N2OS/c1-11-6-9-16(21-11)15-10-17(18)20-19(15)14-8-7-12-4-2-3-5-13(12)14/h2-6,9-10,14-15H,7-8,18H2,1H3. The van der Waals surface area contributed by atoms with Crippen LogP contribution in [0.3, 0.4) is 0 Å². The van der Waals surface area contributed by atoms with Crippen LogP contribution in [0.5, 0.6) is 0 Å². The second-order valence-corrected chi connectivity index (χ2v) is 6.99. The van der Waals surface area contributed by atoms with Crippen LogP contribution < -0.4 is 5.73 Å². The lowest BCUT2D eigenvalue weighted by Crippen LogP contribution is -2.27. The Kier molecular flexibility index (Phi) is 3.01. The lowest BCUT2D eigenvalue weighted by Gasteiger charge is -2.28. The van der Waals surface area contributed by atoms with Gasteiger partial charge in [0.2, 0.25) is 5.88 Å². The summed E-state index contributed by atoms with van der Waals surface area (Å²) in [6, 6.07) is 13.4. The van der Waals surface area contributed by atoms with Gasteiger partial charge in [0.05, 0.1) is 6.04 Å². The molecule has 0 fully saturated rings. The number of nitrogens with two attached hydrogens (primary N) is 1. The van der Waals surface area contributed by atoms with Gasteiger partial charge in [-0.25, -0.2) is 0 Å². The van der Waals surface area contributed by atoms with Gasteiger partial charge in [0.1, 0.15) is 6.04 Å². The van der Waals surface area contributed by atoms with Gasteiger partial charge in [0, 0.05) is 15.8 Å². The van der Waals surface area contributed by atoms with Gasteiger partial charge in [-0.05, 0) is 43.0 Å². The third kappa shape index (κ3) is 2.15. The Morgan fingerprint density at radius 2 is 2.10 bits per heavy atom. The van der Waals surface area contributed by atoms with Gasteiger partial charge in [0.15, 0.2) is 0 Å². The Bertz CT molecular complexity index is 706. The van der Waals surface area contributed by atoms with Crippen molar-refractivity contribution in [2.24, 2.45) is 5.73 Å². The third-order valence-electron chi connectivity index (χ3n) is 4.27. The summed E-state index contributed by atoms with van der Waals surface area (Å²) < 4.78 is 0. The molecule has 2 aliphatic rings. The van der Waals surface area contributed by atoms with Crippen LogP contribution in [-0.2, 0) is 11.3 Å². The van der Waals surface area contributed by atoms with E-state index in [1.165, 1.54) is 20.9 Å². The van der Waals surface area contributed by atoms with Crippen molar-refractivity contribution in [3.8, 4) is 0 Å². The number of benzene rings is 1. The minimum absolute atomic E-state index is 0.125. The quantitative estimate of drug-likeness (QED) is 0.915. The molecule has 2 atom stereocenters. The molecule has 108 valence electrons. The van der Waals surface area contributed by atoms with E-state index < -0.39 is 0 Å². The first-order valence-electron chi connectivity index (χ1n) is 7.30. The number of thiophene rings is 1. The van der Waals surface area contributed by atoms with Crippen LogP contribution >= 0.6 is 11.3 Å². The molecule has 2 unspecified atom stereocenters. The van der Waals surface area contributed by atoms with Gasteiger partial charge in [-0.1, -0.05) is 24.3 Å². The highest BCUT2D eigenvalue weighted by Gasteiger charge is 2.38. The molecule has 0 spiro atoms. The van der Waals surface area contributed by atoms with Gasteiger partial charge < -0.3 is 10.6 Å². The fourth-order valence-electron chi connectivity index (χ4n) is 3.31. The Morgan fingerprint density at radius 3 is 2.90 bits per heavy atom. The molecular weight excluding hydrogens is 280 g/mol. The fourth-order valence-corrected chi connectivity index (χ4v) is 4.25. The maximum atomic E-state index is 5.95. The molecule has 4 heteroatoms. The van der Waals surface area contributed by atoms with Crippen molar-refractivity contribution in [3.63, 3.8) is 0 Å². The molecule has 1 aliphatic carbocycles. The zero-order chi connectivity index (χ0) is 14.4. The minimum atomic E-state index is 0.125. The molecule has 1 aromatic heterocycles. The normalized spacial score (nSPS) is 24.7. The molecular formula is C17H18N2OS. The van der Waals surface area contributed by atoms with E-state index in [1.807, 2.05) is 17.4 Å². The van der Waals surface area contributed by atoms with E-state index in [0.717, 1.165) is 12.8 Å². The lowest BCUT2D eigenvalue weighted by molar-refractivity contribution is -0.153. The second kappa shape index (κ2) is 4.90. The van der Waals surface area contributed by atoms with Crippen LogP contribution in [-0.4, -0.2) is 5.06 Å². The number of hydrogen-bond acceptors (Lipinski definition) is 4. The summed E-state index contributed by atoms with van der Waals surface area (Å²) in [6.45, 7) is 2.13. The highest BCUT2D eigenvalue weighted by molar-refractivity contribution is 7.12. The molecule has 0 radical (unpaired) electrons. The lowest BCUT2D eigenvalue weighted by atomic mass is 10.1. The van der Waals surface area contributed by atoms with E-state index in [0.29, 0.717) is 5.88 Å². The number of aryl methyl sites for hydroxylation is 2. The molecule has 0 saturated heterocycles. The smallest absolute Gasteiger partial charge is 0.207 e. The number of rotatable bonds is 2. The largest absolute Gasteiger partial charge is 0.387 e. The predicted octanol–water partition coefficient (Wildman–Crippen LogP) is 3.83. The Hall–Kier alpha value is -1.78. The van der Waals surface area contributed by atoms with Gasteiger partial charge in [-0.15, -0.1) is 16.4 Å². The van der Waals surface area contributed by atoms with Crippen molar-refractivity contribution in [1.82, 2.24) is 5.06 Å². The third-order valence-corrected chi connectivity index (χ3v) is 5.34. The zero-order valence-corrected chi connectivity index (χ0v) is 12.8. The average molecular weight is 298 g/mol. The summed E-state index contributed by atoms with van der Waals surface area (Å²) in [4.78, 5) is 8.46. The van der Waals surface area contributed by atoms with E-state index >= 15 is 0 Å². The van der Waals surface area contributed by atoms with Crippen LogP contribution in [0.4, 0.5) is 0 Å². The molecule has 0 saturated carbocycles. The molecule has 2 N–H and O–H groups in total. The first-order valence-corrected chi connectivity index (χ1v) is 8.12. The second-order valence-electron chi connectivity index (χ2n) is 5.67. The Labute approximate surface area is 128 Å². The maximum absolute atomic E-state index is 5.95. The van der Waals surface area contributed by atoms with Crippen LogP contribution in [0, 0.1) is 6.92 Å². The molecule has 1 aliphatic heterocycles. The van der Waals surface area contributed by atoms with Crippen LogP contribution in [0.25, 0.3) is 0 Å². The van der Waals surface area contributed by atoms with E-state index in [4.69, 9.17) is 10.6 Å². The van der Waals surface area contributed by atoms with Gasteiger partial charge >= 0.3 is 0 Å². The summed E-state index contributed by atoms with van der Waals surface area (Å²) >= 11 is 1.81. The van der Waals surface area contributed by atoms with E-state index in [1.54, 1.807) is 0 Å². The summed E-state index contributed by atoms with van der Waals surface area (Å²) in [5, 5.41) is 2.08. The summed E-state index contributed by atoms with van der Waals surface area (Å²) in [5.41, 5.74) is 8.75. The average Bonchev–Trinajstić information content (AvgIpc) is 3.16. The van der Waals surface area contributed by atoms with Crippen LogP contribution in [0.15, 0.2) is 48.4 Å². The molecule has 21 heavy (non-hydrogen) atoms. The zero-order valence-electron chi connectivity index (χ0n) is 12.0. The summed E-state index contributed by atoms with van der Waals surface area (Å²) in [7, 11) is 0. The monoisotopic (exact) mass is 298 g/mol. The van der Waals surface area contributed by atoms with Crippen molar-refractivity contribution >= 4 is 11.3 Å². The highest BCUT2D eigenvalue weighted by Crippen LogP contribution is 2.44. The number of hydroxylamine groups is 2. The van der Waals surface area contributed by atoms with Crippen molar-refractivity contribution < 1.29 is 4.84 Å². The topological polar surface area (TPSA) is 38.5 Å². The van der Waals surface area contributed by atoms with E-state index in [9.17, 15) is 0 Å². The van der Waals surface area contributed by atoms with Crippen molar-refractivity contribution in [2.75, 3.05) is 0 Å². The highest BCUT2D eigenvalue weighted by atomic mass is 32.1. The molecule has 2 heterocycles. The van der Waals surface area contributed by atoms with Crippen LogP contribution in [0.2, 0.25) is 0 Å². The van der Waals surface area contributed by atoms with Crippen molar-refractivity contribution in [2.45, 2.75) is 31.8 Å². The minimum Gasteiger partial charge on any atom is -0.387 e. The number of nitrogens with zero attached hydrogens (tertiary/aromatic N) is 1. The number of hydrogen-bond donors (Lipinski definition) is 1. The van der Waals surface area contributed by atoms with E-state index in [2.05, 4.69) is 48.4 Å². The first kappa shape index (κ1) is 12.9. The molecule has 0 bridgehead atoms. The summed E-state index contributed by atoms with van der Waals surface area (Å²) in [6.07, 6.45) is 4.21. The molecule has 4 rings (SSSR count). The SMILES string of the molecule is Cc1ccc(C2C=C(N)ON2C2CCc3ccccc32)s1. The van der Waals surface area contributed by atoms with Crippen molar-refractivity contribution in [1.29, 1.82) is 0 Å². The predicted molar refractivity (Wildman–Crippen MR) is 84.5 cm³/mol. The molecule has 1 aromatic carbocycles. The Morgan fingerprint density at radius 1 is 1.24 bits per heavy atom. The van der Waals surface area contributed by atoms with Gasteiger partial charge in [0.25, 0.3) is 0 Å². The summed E-state index contributed by atoms with van der Waals surface area (Å²) in [5.74, 6) is 0.510. The van der Waals surface area contributed by atoms with Gasteiger partial charge in [-0.2, -0.15) is 0 Å². The van der Waals surface area contributed by atoms with Gasteiger partial charge in [-0.3, -0.25) is 0 Å². The Balaban J connectivity index is 1.69. The van der Waals surface area contributed by atoms with Crippen LogP contribution in [0.1, 0.15) is 39.4 Å². The maximum Gasteiger partial charge on any atom is 0.207 e. The van der Waals surface area contributed by atoms with E-state index in [-0.39, 0.29) is 12.1 Å².